The van der Waals surface area contributed by atoms with Crippen LogP contribution in [-0.2, 0) is 60.4 Å². The normalized spacial score (nSPS) is 30.9. The Labute approximate surface area is 380 Å². The number of hydrogen-bond donors (Lipinski definition) is 8. The van der Waals surface area contributed by atoms with Crippen molar-refractivity contribution in [1.29, 1.82) is 0 Å². The molecule has 4 aliphatic carbocycles. The van der Waals surface area contributed by atoms with E-state index in [-0.39, 0.29) is 47.4 Å². The zero-order chi connectivity index (χ0) is 46.4. The Morgan fingerprint density at radius 3 is 2.58 bits per heavy atom. The van der Waals surface area contributed by atoms with Crippen LogP contribution in [0.15, 0.2) is 53.4 Å². The van der Waals surface area contributed by atoms with Gasteiger partial charge in [-0.25, -0.2) is 4.57 Å². The van der Waals surface area contributed by atoms with Crippen molar-refractivity contribution in [2.24, 2.45) is 28.6 Å². The number of halogens is 1. The number of nitrogens with one attached hydrogen (secondary N) is 3. The minimum absolute atomic E-state index is 0.0453. The van der Waals surface area contributed by atoms with Gasteiger partial charge in [0.2, 0.25) is 17.7 Å². The van der Waals surface area contributed by atoms with Gasteiger partial charge in [-0.2, -0.15) is 0 Å². The van der Waals surface area contributed by atoms with Crippen molar-refractivity contribution in [1.82, 2.24) is 10.6 Å². The number of fused-ring (bicyclic) bond motifs is 7. The number of phosphoric ester groups is 1. The first kappa shape index (κ1) is 48.0. The molecule has 1 aliphatic heterocycles. The predicted octanol–water partition coefficient (Wildman–Crippen LogP) is 3.35. The highest BCUT2D eigenvalue weighted by Gasteiger charge is 2.76. The molecule has 64 heavy (non-hydrogen) atoms. The van der Waals surface area contributed by atoms with E-state index in [4.69, 9.17) is 14.0 Å². The molecule has 5 aliphatic rings. The monoisotopic (exact) mass is 991 g/mol. The average Bonchev–Trinajstić information content (AvgIpc) is 3.93. The van der Waals surface area contributed by atoms with Crippen molar-refractivity contribution in [2.75, 3.05) is 23.8 Å². The van der Waals surface area contributed by atoms with Crippen molar-refractivity contribution in [3.63, 3.8) is 0 Å². The van der Waals surface area contributed by atoms with Gasteiger partial charge in [0.15, 0.2) is 23.5 Å². The number of carboxylic acid groups (broad SMARTS) is 1. The molecule has 2 heterocycles. The summed E-state index contributed by atoms with van der Waals surface area (Å²) in [5.41, 5.74) is -0.322. The zero-order valence-electron chi connectivity index (χ0n) is 35.0. The molecule has 7 rings (SSSR count). The fraction of sp³-hybridized carbons (Fsp3) is 0.535. The summed E-state index contributed by atoms with van der Waals surface area (Å²) in [5, 5.41) is 40.7. The van der Waals surface area contributed by atoms with Crippen molar-refractivity contribution in [3.8, 4) is 0 Å². The summed E-state index contributed by atoms with van der Waals surface area (Å²) >= 11 is 4.28. The van der Waals surface area contributed by atoms with Crippen LogP contribution in [0.4, 0.5) is 5.69 Å². The van der Waals surface area contributed by atoms with Crippen LogP contribution in [0, 0.1) is 28.6 Å². The largest absolute Gasteiger partial charge is 0.481 e. The molecule has 1 saturated heterocycles. The second kappa shape index (κ2) is 18.7. The maximum atomic E-state index is 14.4. The van der Waals surface area contributed by atoms with E-state index in [9.17, 15) is 58.4 Å². The van der Waals surface area contributed by atoms with E-state index in [1.165, 1.54) is 17.4 Å². The van der Waals surface area contributed by atoms with Crippen LogP contribution in [0.25, 0.3) is 0 Å². The van der Waals surface area contributed by atoms with E-state index in [2.05, 4.69) is 31.9 Å². The standard InChI is InChI=1S/C43H51BrN3O15PS/c1-41-10-9-26(49)14-25(41)5-6-27-28-15-34-43(33(51)20-60-63(57,58)59,42(28,2)16-31(50)38(27)41)62-40(61-34)32-13-23(21-64-32)11-22-3-4-24(19-48)30(12-22)47-39(56)29(7-8-37(54)55)46-36(53)18-45-35(52)17-44/h3-4,9-10,12-14,21,27-29,31,34,38,40,48,50H,5-8,11,15-20H2,1-2H3,(H,45,52)(H,46,53)(H,47,56)(H,54,55)(H2,57,58,59)/t27-,28-,29-,31-,34+,38+,40+,41-,42-,43+/m0/s1. The molecular formula is C43H51BrN3O15PS. The number of alkyl halides is 1. The third-order valence-corrected chi connectivity index (χ3v) is 15.8. The van der Waals surface area contributed by atoms with E-state index >= 15 is 0 Å². The highest BCUT2D eigenvalue weighted by atomic mass is 79.9. The molecule has 1 aromatic carbocycles. The minimum Gasteiger partial charge on any atom is -0.481 e. The van der Waals surface area contributed by atoms with Gasteiger partial charge in [-0.3, -0.25) is 33.3 Å². The number of thiophene rings is 1. The number of Topliss-reactive ketones (excluding diaryl/α,β-unsaturated/α-hetero) is 1. The summed E-state index contributed by atoms with van der Waals surface area (Å²) in [6.45, 7) is 2.08. The molecule has 0 unspecified atom stereocenters. The molecule has 10 atom stereocenters. The fourth-order valence-corrected chi connectivity index (χ4v) is 12.4. The summed E-state index contributed by atoms with van der Waals surface area (Å²) in [6.07, 6.45) is 3.67. The van der Waals surface area contributed by atoms with E-state index < -0.39 is 104 Å². The molecule has 0 radical (unpaired) electrons. The van der Waals surface area contributed by atoms with Gasteiger partial charge >= 0.3 is 13.8 Å². The number of benzene rings is 1. The Bertz CT molecular complexity index is 2330. The fourth-order valence-electron chi connectivity index (χ4n) is 11.0. The zero-order valence-corrected chi connectivity index (χ0v) is 38.3. The van der Waals surface area contributed by atoms with Crippen LogP contribution < -0.4 is 16.0 Å². The Kier molecular flexibility index (Phi) is 14.1. The van der Waals surface area contributed by atoms with Gasteiger partial charge < -0.3 is 50.5 Å². The Hall–Kier alpha value is -3.95. The van der Waals surface area contributed by atoms with Gasteiger partial charge in [0.1, 0.15) is 12.6 Å². The molecule has 0 bridgehead atoms. The van der Waals surface area contributed by atoms with E-state index in [0.717, 1.165) is 11.1 Å². The Morgan fingerprint density at radius 1 is 1.11 bits per heavy atom. The van der Waals surface area contributed by atoms with Crippen LogP contribution in [-0.4, -0.2) is 103 Å². The van der Waals surface area contributed by atoms with Crippen LogP contribution in [0.5, 0.6) is 0 Å². The molecule has 18 nitrogen and oxygen atoms in total. The van der Waals surface area contributed by atoms with Crippen molar-refractivity contribution < 1.29 is 72.4 Å². The first-order valence-corrected chi connectivity index (χ1v) is 24.4. The number of amides is 3. The first-order valence-electron chi connectivity index (χ1n) is 20.8. The lowest BCUT2D eigenvalue weighted by molar-refractivity contribution is -0.200. The van der Waals surface area contributed by atoms with Crippen LogP contribution in [0.2, 0.25) is 0 Å². The molecule has 8 N–H and O–H groups in total. The third kappa shape index (κ3) is 9.36. The van der Waals surface area contributed by atoms with Crippen molar-refractivity contribution in [3.05, 3.63) is 75.0 Å². The summed E-state index contributed by atoms with van der Waals surface area (Å²) in [7, 11) is -5.06. The van der Waals surface area contributed by atoms with Crippen LogP contribution in [0.1, 0.15) is 80.2 Å². The van der Waals surface area contributed by atoms with E-state index in [1.54, 1.807) is 24.3 Å². The summed E-state index contributed by atoms with van der Waals surface area (Å²) < 4.78 is 30.0. The van der Waals surface area contributed by atoms with Gasteiger partial charge in [-0.05, 0) is 91.2 Å². The SMILES string of the molecule is C[C@]12C=CC(=O)C=C1CC[C@@H]1[C@@H]2[C@@H](O)C[C@@]2(C)[C@H]1C[C@H]1O[C@@H](c3cc(Cc4ccc(CO)c(NC(=O)[C@H](CCC(=O)O)NC(=O)CNC(=O)CBr)c4)cs3)O[C@]12C(=O)COP(=O)(O)O. The lowest BCUT2D eigenvalue weighted by atomic mass is 9.46. The number of carbonyl (C=O) groups excluding carboxylic acids is 5. The van der Waals surface area contributed by atoms with Gasteiger partial charge in [-0.1, -0.05) is 53.6 Å². The summed E-state index contributed by atoms with van der Waals surface area (Å²) in [5.74, 6) is -4.44. The molecule has 3 amide bonds. The van der Waals surface area contributed by atoms with Gasteiger partial charge in [0.05, 0.1) is 35.6 Å². The minimum atomic E-state index is -5.06. The molecule has 0 spiro atoms. The number of carboxylic acids is 1. The molecule has 21 heteroatoms. The number of ether oxygens (including phenoxy) is 2. The van der Waals surface area contributed by atoms with Crippen LogP contribution >= 0.6 is 35.1 Å². The summed E-state index contributed by atoms with van der Waals surface area (Å²) in [4.78, 5) is 95.5. The number of carbonyl (C=O) groups is 6. The number of aliphatic hydroxyl groups is 2. The topological polar surface area (TPSA) is 284 Å². The number of aliphatic carboxylic acids is 1. The number of rotatable bonds is 17. The Balaban J connectivity index is 1.10. The smallest absolute Gasteiger partial charge is 0.470 e. The third-order valence-electron chi connectivity index (χ3n) is 13.8. The number of ketones is 2. The number of aliphatic hydroxyl groups excluding tert-OH is 2. The van der Waals surface area contributed by atoms with Gasteiger partial charge in [-0.15, -0.1) is 11.3 Å². The van der Waals surface area contributed by atoms with Crippen LogP contribution in [0.3, 0.4) is 0 Å². The van der Waals surface area contributed by atoms with E-state index in [1.807, 2.05) is 31.4 Å². The summed E-state index contributed by atoms with van der Waals surface area (Å²) in [6, 6.07) is 5.57. The molecule has 346 valence electrons. The highest BCUT2D eigenvalue weighted by Crippen LogP contribution is 2.70. The van der Waals surface area contributed by atoms with Crippen molar-refractivity contribution in [2.45, 2.75) is 95.5 Å². The number of hydrogen-bond acceptors (Lipinski definition) is 13. The second-order valence-electron chi connectivity index (χ2n) is 17.6. The average molecular weight is 993 g/mol. The predicted molar refractivity (Wildman–Crippen MR) is 232 cm³/mol. The maximum Gasteiger partial charge on any atom is 0.470 e. The number of anilines is 1. The number of allylic oxidation sites excluding steroid dienone is 4. The quantitative estimate of drug-likeness (QED) is 0.0834. The number of phosphoric acid groups is 1. The van der Waals surface area contributed by atoms with E-state index in [0.29, 0.717) is 41.7 Å². The molecular weight excluding hydrogens is 941 g/mol. The molecule has 1 aromatic heterocycles. The maximum absolute atomic E-state index is 14.4. The highest BCUT2D eigenvalue weighted by molar-refractivity contribution is 9.09. The second-order valence-corrected chi connectivity index (χ2v) is 20.3. The van der Waals surface area contributed by atoms with Gasteiger partial charge in [0.25, 0.3) is 0 Å². The first-order chi connectivity index (χ1) is 30.2. The molecule has 2 aromatic rings. The lowest BCUT2D eigenvalue weighted by Gasteiger charge is -2.59. The lowest BCUT2D eigenvalue weighted by Crippen LogP contribution is -2.63. The Morgan fingerprint density at radius 2 is 1.88 bits per heavy atom. The molecule has 4 fully saturated rings. The molecule has 3 saturated carbocycles. The van der Waals surface area contributed by atoms with Crippen molar-refractivity contribution >= 4 is 76.0 Å². The van der Waals surface area contributed by atoms with Gasteiger partial charge in [0, 0.05) is 34.4 Å².